The van der Waals surface area contributed by atoms with Crippen LogP contribution in [0.2, 0.25) is 0 Å². The van der Waals surface area contributed by atoms with Crippen LogP contribution in [-0.4, -0.2) is 23.7 Å². The summed E-state index contributed by atoms with van der Waals surface area (Å²) in [6.45, 7) is 4.21. The third-order valence-corrected chi connectivity index (χ3v) is 5.44. The zero-order valence-corrected chi connectivity index (χ0v) is 15.7. The monoisotopic (exact) mass is 357 g/mol. The molecule has 3 atom stereocenters. The SMILES string of the molecule is CC[C@H](C[C@H](C)CO)NC(=O)[C@H](Sc1ccccc1)c1ccccc1. The lowest BCUT2D eigenvalue weighted by atomic mass is 10.0. The number of carbonyl (C=O) groups excluding carboxylic acids is 1. The van der Waals surface area contributed by atoms with E-state index >= 15 is 0 Å². The van der Waals surface area contributed by atoms with Crippen LogP contribution in [0.25, 0.3) is 0 Å². The Kier molecular flexibility index (Phi) is 8.02. The molecule has 2 aromatic rings. The van der Waals surface area contributed by atoms with Crippen LogP contribution in [0.5, 0.6) is 0 Å². The highest BCUT2D eigenvalue weighted by molar-refractivity contribution is 8.00. The normalized spacial score (nSPS) is 14.5. The second-order valence-corrected chi connectivity index (χ2v) is 7.54. The maximum absolute atomic E-state index is 13.0. The van der Waals surface area contributed by atoms with E-state index in [-0.39, 0.29) is 29.7 Å². The fraction of sp³-hybridized carbons (Fsp3) is 0.381. The van der Waals surface area contributed by atoms with E-state index in [2.05, 4.69) is 12.2 Å². The summed E-state index contributed by atoms with van der Waals surface area (Å²) in [4.78, 5) is 14.1. The lowest BCUT2D eigenvalue weighted by Gasteiger charge is -2.24. The Morgan fingerprint density at radius 3 is 2.24 bits per heavy atom. The minimum absolute atomic E-state index is 0.0250. The largest absolute Gasteiger partial charge is 0.396 e. The summed E-state index contributed by atoms with van der Waals surface area (Å²) in [5.74, 6) is 0.208. The molecule has 0 aromatic heterocycles. The van der Waals surface area contributed by atoms with Gasteiger partial charge in [0.05, 0.1) is 0 Å². The van der Waals surface area contributed by atoms with E-state index in [1.165, 1.54) is 0 Å². The first-order valence-corrected chi connectivity index (χ1v) is 9.69. The molecule has 0 aliphatic rings. The Labute approximate surface area is 154 Å². The molecule has 0 aliphatic heterocycles. The van der Waals surface area contributed by atoms with E-state index in [9.17, 15) is 9.90 Å². The van der Waals surface area contributed by atoms with Gasteiger partial charge in [0, 0.05) is 17.5 Å². The maximum atomic E-state index is 13.0. The number of aliphatic hydroxyl groups is 1. The number of hydrogen-bond donors (Lipinski definition) is 2. The molecule has 2 rings (SSSR count). The van der Waals surface area contributed by atoms with Gasteiger partial charge in [0.25, 0.3) is 0 Å². The summed E-state index contributed by atoms with van der Waals surface area (Å²) < 4.78 is 0. The minimum Gasteiger partial charge on any atom is -0.396 e. The summed E-state index contributed by atoms with van der Waals surface area (Å²) in [5, 5.41) is 12.2. The van der Waals surface area contributed by atoms with Crippen molar-refractivity contribution < 1.29 is 9.90 Å². The second-order valence-electron chi connectivity index (χ2n) is 6.36. The summed E-state index contributed by atoms with van der Waals surface area (Å²) in [5.41, 5.74) is 0.999. The second kappa shape index (κ2) is 10.3. The van der Waals surface area contributed by atoms with Gasteiger partial charge in [0.15, 0.2) is 0 Å². The van der Waals surface area contributed by atoms with E-state index in [1.54, 1.807) is 11.8 Å². The van der Waals surface area contributed by atoms with Gasteiger partial charge in [-0.3, -0.25) is 4.79 Å². The van der Waals surface area contributed by atoms with Crippen LogP contribution in [0.4, 0.5) is 0 Å². The van der Waals surface area contributed by atoms with Gasteiger partial charge in [-0.25, -0.2) is 0 Å². The molecule has 0 heterocycles. The Morgan fingerprint density at radius 2 is 1.68 bits per heavy atom. The first-order valence-electron chi connectivity index (χ1n) is 8.82. The van der Waals surface area contributed by atoms with Crippen molar-refractivity contribution in [2.45, 2.75) is 42.9 Å². The highest BCUT2D eigenvalue weighted by Gasteiger charge is 2.24. The molecule has 0 saturated heterocycles. The molecule has 1 amide bonds. The lowest BCUT2D eigenvalue weighted by molar-refractivity contribution is -0.121. The van der Waals surface area contributed by atoms with Gasteiger partial charge < -0.3 is 10.4 Å². The third-order valence-electron chi connectivity index (χ3n) is 4.18. The fourth-order valence-electron chi connectivity index (χ4n) is 2.70. The van der Waals surface area contributed by atoms with Gasteiger partial charge in [-0.2, -0.15) is 0 Å². The van der Waals surface area contributed by atoms with Crippen LogP contribution in [0.1, 0.15) is 37.5 Å². The molecule has 0 saturated carbocycles. The molecular formula is C21H27NO2S. The van der Waals surface area contributed by atoms with Crippen molar-refractivity contribution in [3.63, 3.8) is 0 Å². The Hall–Kier alpha value is -1.78. The highest BCUT2D eigenvalue weighted by Crippen LogP contribution is 2.35. The number of amides is 1. The molecule has 0 spiro atoms. The van der Waals surface area contributed by atoms with E-state index in [0.29, 0.717) is 0 Å². The predicted octanol–water partition coefficient (Wildman–Crippen LogP) is 4.43. The summed E-state index contributed by atoms with van der Waals surface area (Å²) in [6.07, 6.45) is 1.64. The van der Waals surface area contributed by atoms with Crippen LogP contribution in [-0.2, 0) is 4.79 Å². The van der Waals surface area contributed by atoms with Crippen molar-refractivity contribution >= 4 is 17.7 Å². The predicted molar refractivity (Wildman–Crippen MR) is 105 cm³/mol. The average molecular weight is 358 g/mol. The Balaban J connectivity index is 2.15. The number of rotatable bonds is 9. The van der Waals surface area contributed by atoms with Crippen molar-refractivity contribution in [2.24, 2.45) is 5.92 Å². The standard InChI is InChI=1S/C21H27NO2S/c1-3-18(14-16(2)15-23)22-21(24)20(17-10-6-4-7-11-17)25-19-12-8-5-9-13-19/h4-13,16,18,20,23H,3,14-15H2,1-2H3,(H,22,24)/t16-,18+,20+/m0/s1. The topological polar surface area (TPSA) is 49.3 Å². The van der Waals surface area contributed by atoms with Crippen molar-refractivity contribution in [1.29, 1.82) is 0 Å². The Bertz CT molecular complexity index is 633. The van der Waals surface area contributed by atoms with Crippen LogP contribution in [0.15, 0.2) is 65.6 Å². The fourth-order valence-corrected chi connectivity index (χ4v) is 3.76. The van der Waals surface area contributed by atoms with Crippen LogP contribution in [0.3, 0.4) is 0 Å². The van der Waals surface area contributed by atoms with Crippen LogP contribution >= 0.6 is 11.8 Å². The first-order chi connectivity index (χ1) is 12.1. The van der Waals surface area contributed by atoms with Crippen molar-refractivity contribution in [2.75, 3.05) is 6.61 Å². The van der Waals surface area contributed by atoms with Crippen molar-refractivity contribution in [3.8, 4) is 0 Å². The van der Waals surface area contributed by atoms with Gasteiger partial charge in [-0.1, -0.05) is 62.4 Å². The van der Waals surface area contributed by atoms with E-state index in [1.807, 2.05) is 67.6 Å². The van der Waals surface area contributed by atoms with E-state index in [4.69, 9.17) is 0 Å². The molecule has 0 bridgehead atoms. The van der Waals surface area contributed by atoms with Crippen molar-refractivity contribution in [1.82, 2.24) is 5.32 Å². The van der Waals surface area contributed by atoms with Crippen LogP contribution in [0, 0.1) is 5.92 Å². The molecular weight excluding hydrogens is 330 g/mol. The number of aliphatic hydroxyl groups excluding tert-OH is 1. The molecule has 2 aromatic carbocycles. The summed E-state index contributed by atoms with van der Waals surface area (Å²) >= 11 is 1.57. The first kappa shape index (κ1) is 19.5. The van der Waals surface area contributed by atoms with Crippen LogP contribution < -0.4 is 5.32 Å². The molecule has 3 nitrogen and oxygen atoms in total. The quantitative estimate of drug-likeness (QED) is 0.653. The van der Waals surface area contributed by atoms with Gasteiger partial charge >= 0.3 is 0 Å². The number of nitrogens with one attached hydrogen (secondary N) is 1. The van der Waals surface area contributed by atoms with E-state index in [0.717, 1.165) is 23.3 Å². The third kappa shape index (κ3) is 6.22. The zero-order valence-electron chi connectivity index (χ0n) is 14.9. The van der Waals surface area contributed by atoms with E-state index < -0.39 is 0 Å². The summed E-state index contributed by atoms with van der Waals surface area (Å²) in [6, 6.07) is 20.0. The highest BCUT2D eigenvalue weighted by atomic mass is 32.2. The summed E-state index contributed by atoms with van der Waals surface area (Å²) in [7, 11) is 0. The number of benzene rings is 2. The molecule has 0 radical (unpaired) electrons. The number of carbonyl (C=O) groups is 1. The van der Waals surface area contributed by atoms with Gasteiger partial charge in [-0.05, 0) is 36.5 Å². The van der Waals surface area contributed by atoms with Gasteiger partial charge in [-0.15, -0.1) is 11.8 Å². The maximum Gasteiger partial charge on any atom is 0.238 e. The smallest absolute Gasteiger partial charge is 0.238 e. The molecule has 2 N–H and O–H groups in total. The Morgan fingerprint density at radius 1 is 1.08 bits per heavy atom. The molecule has 0 fully saturated rings. The van der Waals surface area contributed by atoms with Crippen molar-refractivity contribution in [3.05, 3.63) is 66.2 Å². The average Bonchev–Trinajstić information content (AvgIpc) is 2.66. The molecule has 134 valence electrons. The van der Waals surface area contributed by atoms with Gasteiger partial charge in [0.1, 0.15) is 5.25 Å². The lowest BCUT2D eigenvalue weighted by Crippen LogP contribution is -2.38. The molecule has 25 heavy (non-hydrogen) atoms. The zero-order chi connectivity index (χ0) is 18.1. The number of thioether (sulfide) groups is 1. The molecule has 4 heteroatoms. The number of hydrogen-bond acceptors (Lipinski definition) is 3. The minimum atomic E-state index is -0.290. The molecule has 0 unspecified atom stereocenters. The molecule has 0 aliphatic carbocycles. The van der Waals surface area contributed by atoms with Gasteiger partial charge in [0.2, 0.25) is 5.91 Å².